The van der Waals surface area contributed by atoms with E-state index < -0.39 is 0 Å². The number of H-pyrrole nitrogens is 1. The molecule has 0 saturated heterocycles. The Morgan fingerprint density at radius 2 is 1.80 bits per heavy atom. The average Bonchev–Trinajstić information content (AvgIpc) is 2.88. The molecule has 100 valence electrons. The van der Waals surface area contributed by atoms with Crippen molar-refractivity contribution in [3.63, 3.8) is 0 Å². The van der Waals surface area contributed by atoms with Crippen molar-refractivity contribution >= 4 is 16.9 Å². The topological polar surface area (TPSA) is 71.8 Å². The Kier molecular flexibility index (Phi) is 3.21. The SMILES string of the molecule is NC(=O)c1ccccc1CCc1nc2ccccc2[nH]1. The lowest BCUT2D eigenvalue weighted by molar-refractivity contribution is 0.0999. The number of imidazole rings is 1. The lowest BCUT2D eigenvalue weighted by Crippen LogP contribution is -2.14. The first-order valence-corrected chi connectivity index (χ1v) is 6.55. The highest BCUT2D eigenvalue weighted by Crippen LogP contribution is 2.14. The van der Waals surface area contributed by atoms with E-state index in [0.717, 1.165) is 35.3 Å². The molecule has 3 aromatic rings. The van der Waals surface area contributed by atoms with Crippen LogP contribution >= 0.6 is 0 Å². The van der Waals surface area contributed by atoms with E-state index in [4.69, 9.17) is 5.73 Å². The first-order valence-electron chi connectivity index (χ1n) is 6.55. The Bertz CT molecular complexity index is 728. The van der Waals surface area contributed by atoms with Gasteiger partial charge < -0.3 is 10.7 Å². The summed E-state index contributed by atoms with van der Waals surface area (Å²) in [5.41, 5.74) is 8.92. The van der Waals surface area contributed by atoms with Crippen LogP contribution in [-0.4, -0.2) is 15.9 Å². The van der Waals surface area contributed by atoms with Gasteiger partial charge in [0.05, 0.1) is 11.0 Å². The molecule has 3 rings (SSSR count). The van der Waals surface area contributed by atoms with Crippen LogP contribution in [-0.2, 0) is 12.8 Å². The molecule has 0 unspecified atom stereocenters. The van der Waals surface area contributed by atoms with Crippen molar-refractivity contribution in [2.45, 2.75) is 12.8 Å². The van der Waals surface area contributed by atoms with Gasteiger partial charge in [-0.05, 0) is 30.2 Å². The fourth-order valence-corrected chi connectivity index (χ4v) is 2.36. The van der Waals surface area contributed by atoms with Gasteiger partial charge in [0, 0.05) is 12.0 Å². The average molecular weight is 265 g/mol. The standard InChI is InChI=1S/C16H15N3O/c17-16(20)12-6-2-1-5-11(12)9-10-15-18-13-7-3-4-8-14(13)19-15/h1-8H,9-10H2,(H2,17,20)(H,18,19). The Morgan fingerprint density at radius 1 is 1.05 bits per heavy atom. The van der Waals surface area contributed by atoms with E-state index in [9.17, 15) is 4.79 Å². The van der Waals surface area contributed by atoms with Crippen molar-refractivity contribution in [1.82, 2.24) is 9.97 Å². The van der Waals surface area contributed by atoms with Crippen LogP contribution in [0.5, 0.6) is 0 Å². The second-order valence-corrected chi connectivity index (χ2v) is 4.72. The second kappa shape index (κ2) is 5.17. The minimum Gasteiger partial charge on any atom is -0.366 e. The fourth-order valence-electron chi connectivity index (χ4n) is 2.36. The predicted molar refractivity (Wildman–Crippen MR) is 78.5 cm³/mol. The van der Waals surface area contributed by atoms with Crippen LogP contribution in [0.1, 0.15) is 21.7 Å². The van der Waals surface area contributed by atoms with E-state index in [0.29, 0.717) is 5.56 Å². The number of carbonyl (C=O) groups is 1. The minimum absolute atomic E-state index is 0.384. The van der Waals surface area contributed by atoms with Gasteiger partial charge in [0.25, 0.3) is 0 Å². The molecule has 1 amide bonds. The first kappa shape index (κ1) is 12.4. The van der Waals surface area contributed by atoms with Crippen LogP contribution in [0.2, 0.25) is 0 Å². The van der Waals surface area contributed by atoms with E-state index in [-0.39, 0.29) is 5.91 Å². The summed E-state index contributed by atoms with van der Waals surface area (Å²) in [6.45, 7) is 0. The number of aryl methyl sites for hydroxylation is 2. The number of primary amides is 1. The maximum Gasteiger partial charge on any atom is 0.248 e. The predicted octanol–water partition coefficient (Wildman–Crippen LogP) is 2.45. The zero-order valence-electron chi connectivity index (χ0n) is 11.0. The van der Waals surface area contributed by atoms with E-state index >= 15 is 0 Å². The van der Waals surface area contributed by atoms with Gasteiger partial charge in [-0.3, -0.25) is 4.79 Å². The third-order valence-corrected chi connectivity index (χ3v) is 3.35. The molecule has 1 heterocycles. The van der Waals surface area contributed by atoms with Crippen molar-refractivity contribution in [2.75, 3.05) is 0 Å². The van der Waals surface area contributed by atoms with Crippen molar-refractivity contribution in [2.24, 2.45) is 5.73 Å². The molecule has 0 saturated carbocycles. The Labute approximate surface area is 116 Å². The summed E-state index contributed by atoms with van der Waals surface area (Å²) >= 11 is 0. The van der Waals surface area contributed by atoms with Gasteiger partial charge in [0.1, 0.15) is 5.82 Å². The Balaban J connectivity index is 1.81. The van der Waals surface area contributed by atoms with Crippen LogP contribution in [0, 0.1) is 0 Å². The number of benzene rings is 2. The van der Waals surface area contributed by atoms with Gasteiger partial charge in [-0.25, -0.2) is 4.98 Å². The number of hydrogen-bond donors (Lipinski definition) is 2. The number of amides is 1. The number of aromatic nitrogens is 2. The minimum atomic E-state index is -0.384. The van der Waals surface area contributed by atoms with Crippen LogP contribution < -0.4 is 5.73 Å². The summed E-state index contributed by atoms with van der Waals surface area (Å²) in [6, 6.07) is 15.4. The lowest BCUT2D eigenvalue weighted by atomic mass is 10.0. The molecule has 3 N–H and O–H groups in total. The van der Waals surface area contributed by atoms with Gasteiger partial charge in [-0.2, -0.15) is 0 Å². The summed E-state index contributed by atoms with van der Waals surface area (Å²) in [4.78, 5) is 19.2. The molecule has 4 heteroatoms. The van der Waals surface area contributed by atoms with Crippen molar-refractivity contribution < 1.29 is 4.79 Å². The summed E-state index contributed by atoms with van der Waals surface area (Å²) in [5.74, 6) is 0.538. The Hall–Kier alpha value is -2.62. The molecule has 0 atom stereocenters. The largest absolute Gasteiger partial charge is 0.366 e. The molecule has 4 nitrogen and oxygen atoms in total. The van der Waals surface area contributed by atoms with Crippen LogP contribution in [0.25, 0.3) is 11.0 Å². The number of nitrogens with one attached hydrogen (secondary N) is 1. The summed E-state index contributed by atoms with van der Waals surface area (Å²) < 4.78 is 0. The van der Waals surface area contributed by atoms with Crippen molar-refractivity contribution in [3.8, 4) is 0 Å². The third-order valence-electron chi connectivity index (χ3n) is 3.35. The van der Waals surface area contributed by atoms with Crippen molar-refractivity contribution in [3.05, 3.63) is 65.5 Å². The van der Waals surface area contributed by atoms with Crippen LogP contribution in [0.15, 0.2) is 48.5 Å². The summed E-state index contributed by atoms with van der Waals surface area (Å²) in [5, 5.41) is 0. The maximum absolute atomic E-state index is 11.4. The highest BCUT2D eigenvalue weighted by molar-refractivity contribution is 5.94. The number of fused-ring (bicyclic) bond motifs is 1. The van der Waals surface area contributed by atoms with Gasteiger partial charge >= 0.3 is 0 Å². The van der Waals surface area contributed by atoms with Gasteiger partial charge in [0.2, 0.25) is 5.91 Å². The summed E-state index contributed by atoms with van der Waals surface area (Å²) in [6.07, 6.45) is 1.48. The normalized spacial score (nSPS) is 10.8. The second-order valence-electron chi connectivity index (χ2n) is 4.72. The number of para-hydroxylation sites is 2. The van der Waals surface area contributed by atoms with E-state index in [1.807, 2.05) is 42.5 Å². The quantitative estimate of drug-likeness (QED) is 0.760. The molecule has 20 heavy (non-hydrogen) atoms. The molecule has 1 aromatic heterocycles. The molecule has 0 spiro atoms. The lowest BCUT2D eigenvalue weighted by Gasteiger charge is -2.04. The highest BCUT2D eigenvalue weighted by Gasteiger charge is 2.08. The van der Waals surface area contributed by atoms with Gasteiger partial charge in [0.15, 0.2) is 0 Å². The van der Waals surface area contributed by atoms with Crippen LogP contribution in [0.3, 0.4) is 0 Å². The molecular weight excluding hydrogens is 250 g/mol. The highest BCUT2D eigenvalue weighted by atomic mass is 16.1. The number of nitrogens with two attached hydrogens (primary N) is 1. The zero-order valence-corrected chi connectivity index (χ0v) is 11.0. The molecule has 0 aliphatic heterocycles. The molecule has 2 aromatic carbocycles. The maximum atomic E-state index is 11.4. The Morgan fingerprint density at radius 3 is 2.60 bits per heavy atom. The number of nitrogens with zero attached hydrogens (tertiary/aromatic N) is 1. The number of rotatable bonds is 4. The molecule has 0 radical (unpaired) electrons. The molecular formula is C16H15N3O. The first-order chi connectivity index (χ1) is 9.74. The third kappa shape index (κ3) is 2.40. The monoisotopic (exact) mass is 265 g/mol. The van der Waals surface area contributed by atoms with Crippen LogP contribution in [0.4, 0.5) is 0 Å². The van der Waals surface area contributed by atoms with Crippen molar-refractivity contribution in [1.29, 1.82) is 0 Å². The molecule has 0 aliphatic rings. The van der Waals surface area contributed by atoms with E-state index in [1.165, 1.54) is 0 Å². The number of aromatic amines is 1. The summed E-state index contributed by atoms with van der Waals surface area (Å²) in [7, 11) is 0. The van der Waals surface area contributed by atoms with Gasteiger partial charge in [-0.15, -0.1) is 0 Å². The van der Waals surface area contributed by atoms with E-state index in [2.05, 4.69) is 9.97 Å². The number of hydrogen-bond acceptors (Lipinski definition) is 2. The molecule has 0 fully saturated rings. The number of carbonyl (C=O) groups excluding carboxylic acids is 1. The van der Waals surface area contributed by atoms with E-state index in [1.54, 1.807) is 6.07 Å². The van der Waals surface area contributed by atoms with Gasteiger partial charge in [-0.1, -0.05) is 30.3 Å². The smallest absolute Gasteiger partial charge is 0.248 e. The molecule has 0 bridgehead atoms. The zero-order chi connectivity index (χ0) is 13.9. The fraction of sp³-hybridized carbons (Fsp3) is 0.125. The molecule has 0 aliphatic carbocycles.